The Morgan fingerprint density at radius 2 is 1.67 bits per heavy atom. The molecule has 1 amide bonds. The molecule has 0 fully saturated rings. The molecule has 132 valence electrons. The molecule has 24 heavy (non-hydrogen) atoms. The van der Waals surface area contributed by atoms with Crippen molar-refractivity contribution in [3.8, 4) is 0 Å². The minimum absolute atomic E-state index is 0.556. The van der Waals surface area contributed by atoms with Gasteiger partial charge in [0, 0.05) is 0 Å². The number of carbonyl (C=O) groups excluding carboxylic acids is 2. The Bertz CT molecular complexity index is 618. The Kier molecular flexibility index (Phi) is 6.58. The third kappa shape index (κ3) is 6.07. The summed E-state index contributed by atoms with van der Waals surface area (Å²) in [6, 6.07) is 3.23. The Morgan fingerprint density at radius 3 is 2.12 bits per heavy atom. The van der Waals surface area contributed by atoms with Gasteiger partial charge in [0.2, 0.25) is 0 Å². The predicted molar refractivity (Wildman–Crippen MR) is 94.9 cm³/mol. The highest BCUT2D eigenvalue weighted by Gasteiger charge is 2.23. The van der Waals surface area contributed by atoms with Crippen LogP contribution in [0.3, 0.4) is 0 Å². The Balaban J connectivity index is 2.99. The summed E-state index contributed by atoms with van der Waals surface area (Å²) < 4.78 is 9.94. The number of carbonyl (C=O) groups is 2. The first-order chi connectivity index (χ1) is 11.0. The van der Waals surface area contributed by atoms with Gasteiger partial charge in [0.1, 0.15) is 11.6 Å². The number of methoxy groups -OCH3 is 1. The molecule has 1 N–H and O–H groups in total. The number of benzene rings is 1. The molecule has 1 atom stereocenters. The Labute approximate surface area is 144 Å². The quantitative estimate of drug-likeness (QED) is 0.854. The van der Waals surface area contributed by atoms with Crippen LogP contribution in [0, 0.1) is 20.8 Å². The lowest BCUT2D eigenvalue weighted by molar-refractivity contribution is -0.141. The van der Waals surface area contributed by atoms with Crippen LogP contribution >= 0.6 is 0 Å². The highest BCUT2D eigenvalue weighted by atomic mass is 16.6. The third-order valence-electron chi connectivity index (χ3n) is 3.32. The minimum Gasteiger partial charge on any atom is -0.467 e. The molecular weight excluding hydrogens is 306 g/mol. The molecule has 0 aromatic heterocycles. The summed E-state index contributed by atoms with van der Waals surface area (Å²) in [5.74, 6) is -0.556. The second-order valence-corrected chi connectivity index (χ2v) is 6.82. The van der Waals surface area contributed by atoms with Crippen LogP contribution < -0.4 is 5.32 Å². The molecule has 0 aliphatic heterocycles. The molecule has 0 bridgehead atoms. The third-order valence-corrected chi connectivity index (χ3v) is 3.32. The summed E-state index contributed by atoms with van der Waals surface area (Å²) in [5, 5.41) is 2.52. The van der Waals surface area contributed by atoms with Crippen LogP contribution in [0.4, 0.5) is 4.79 Å². The smallest absolute Gasteiger partial charge is 0.408 e. The largest absolute Gasteiger partial charge is 0.467 e. The van der Waals surface area contributed by atoms with Crippen LogP contribution in [-0.4, -0.2) is 30.8 Å². The van der Waals surface area contributed by atoms with Gasteiger partial charge < -0.3 is 14.8 Å². The molecule has 0 saturated heterocycles. The van der Waals surface area contributed by atoms with Gasteiger partial charge in [-0.2, -0.15) is 0 Å². The number of alkyl carbamates (subject to hydrolysis) is 1. The van der Waals surface area contributed by atoms with E-state index in [0.29, 0.717) is 0 Å². The molecule has 0 radical (unpaired) electrons. The number of hydrogen-bond donors (Lipinski definition) is 1. The van der Waals surface area contributed by atoms with Gasteiger partial charge in [-0.25, -0.2) is 9.59 Å². The summed E-state index contributed by atoms with van der Waals surface area (Å²) >= 11 is 0. The molecule has 0 heterocycles. The van der Waals surface area contributed by atoms with E-state index < -0.39 is 23.7 Å². The van der Waals surface area contributed by atoms with E-state index in [1.54, 1.807) is 26.8 Å². The summed E-state index contributed by atoms with van der Waals surface area (Å²) in [4.78, 5) is 23.8. The van der Waals surface area contributed by atoms with Crippen molar-refractivity contribution in [2.45, 2.75) is 53.2 Å². The summed E-state index contributed by atoms with van der Waals surface area (Å²) in [6.45, 7) is 11.3. The first kappa shape index (κ1) is 19.7. The van der Waals surface area contributed by atoms with Crippen molar-refractivity contribution in [3.63, 3.8) is 0 Å². The van der Waals surface area contributed by atoms with Gasteiger partial charge in [0.05, 0.1) is 7.11 Å². The first-order valence-electron chi connectivity index (χ1n) is 7.87. The second kappa shape index (κ2) is 7.99. The zero-order valence-electron chi connectivity index (χ0n) is 15.5. The van der Waals surface area contributed by atoms with Gasteiger partial charge in [0.15, 0.2) is 0 Å². The van der Waals surface area contributed by atoms with Crippen LogP contribution in [0.25, 0.3) is 6.08 Å². The van der Waals surface area contributed by atoms with E-state index in [1.807, 2.05) is 26.8 Å². The average Bonchev–Trinajstić information content (AvgIpc) is 2.41. The number of nitrogens with one attached hydrogen (secondary N) is 1. The van der Waals surface area contributed by atoms with E-state index in [0.717, 1.165) is 16.7 Å². The van der Waals surface area contributed by atoms with Crippen LogP contribution in [0.2, 0.25) is 0 Å². The number of amides is 1. The van der Waals surface area contributed by atoms with E-state index in [9.17, 15) is 9.59 Å². The van der Waals surface area contributed by atoms with Gasteiger partial charge in [-0.15, -0.1) is 0 Å². The molecule has 5 heteroatoms. The zero-order valence-corrected chi connectivity index (χ0v) is 15.5. The average molecular weight is 333 g/mol. The van der Waals surface area contributed by atoms with Gasteiger partial charge in [-0.05, 0) is 58.2 Å². The molecule has 0 aliphatic carbocycles. The lowest BCUT2D eigenvalue weighted by atomic mass is 9.99. The topological polar surface area (TPSA) is 64.6 Å². The van der Waals surface area contributed by atoms with Crippen molar-refractivity contribution < 1.29 is 19.1 Å². The maximum Gasteiger partial charge on any atom is 0.408 e. The van der Waals surface area contributed by atoms with Crippen molar-refractivity contribution in [1.29, 1.82) is 0 Å². The molecular formula is C19H27NO4. The minimum atomic E-state index is -0.912. The fraction of sp³-hybridized carbons (Fsp3) is 0.474. The Morgan fingerprint density at radius 1 is 1.12 bits per heavy atom. The number of ether oxygens (including phenoxy) is 2. The molecule has 1 aromatic rings. The monoisotopic (exact) mass is 333 g/mol. The van der Waals surface area contributed by atoms with Gasteiger partial charge in [-0.3, -0.25) is 0 Å². The maximum atomic E-state index is 11.9. The van der Waals surface area contributed by atoms with E-state index in [1.165, 1.54) is 12.7 Å². The van der Waals surface area contributed by atoms with E-state index in [4.69, 9.17) is 9.47 Å². The van der Waals surface area contributed by atoms with Crippen molar-refractivity contribution in [2.75, 3.05) is 7.11 Å². The highest BCUT2D eigenvalue weighted by molar-refractivity contribution is 5.84. The normalized spacial score (nSPS) is 12.8. The van der Waals surface area contributed by atoms with E-state index >= 15 is 0 Å². The lowest BCUT2D eigenvalue weighted by Gasteiger charge is -2.21. The number of rotatable bonds is 4. The molecule has 5 nitrogen and oxygen atoms in total. The molecule has 0 saturated carbocycles. The Hall–Kier alpha value is -2.30. The summed E-state index contributed by atoms with van der Waals surface area (Å²) in [5.41, 5.74) is 3.76. The van der Waals surface area contributed by atoms with Crippen molar-refractivity contribution in [3.05, 3.63) is 40.5 Å². The number of hydrogen-bond acceptors (Lipinski definition) is 4. The van der Waals surface area contributed by atoms with E-state index in [2.05, 4.69) is 17.4 Å². The van der Waals surface area contributed by atoms with Gasteiger partial charge >= 0.3 is 12.1 Å². The number of aryl methyl sites for hydroxylation is 3. The van der Waals surface area contributed by atoms with Gasteiger partial charge in [0.25, 0.3) is 0 Å². The van der Waals surface area contributed by atoms with Gasteiger partial charge in [-0.1, -0.05) is 29.8 Å². The van der Waals surface area contributed by atoms with Crippen LogP contribution in [0.5, 0.6) is 0 Å². The fourth-order valence-electron chi connectivity index (χ4n) is 2.39. The van der Waals surface area contributed by atoms with Crippen molar-refractivity contribution >= 4 is 18.1 Å². The van der Waals surface area contributed by atoms with Crippen molar-refractivity contribution in [2.24, 2.45) is 0 Å². The molecule has 0 unspecified atom stereocenters. The molecule has 0 aliphatic rings. The SMILES string of the molecule is COC(=O)[C@H](C=Cc1c(C)cc(C)cc1C)NC(=O)OC(C)(C)C. The first-order valence-corrected chi connectivity index (χ1v) is 7.87. The van der Waals surface area contributed by atoms with Crippen LogP contribution in [-0.2, 0) is 14.3 Å². The molecule has 1 aromatic carbocycles. The van der Waals surface area contributed by atoms with Crippen molar-refractivity contribution in [1.82, 2.24) is 5.32 Å². The summed E-state index contributed by atoms with van der Waals surface area (Å²) in [7, 11) is 1.28. The fourth-order valence-corrected chi connectivity index (χ4v) is 2.39. The maximum absolute atomic E-state index is 11.9. The molecule has 1 rings (SSSR count). The standard InChI is InChI=1S/C19H27NO4/c1-12-10-13(2)15(14(3)11-12)8-9-16(17(21)23-7)20-18(22)24-19(4,5)6/h8-11,16H,1-7H3,(H,20,22)/t16-/m0/s1. The second-order valence-electron chi connectivity index (χ2n) is 6.82. The highest BCUT2D eigenvalue weighted by Crippen LogP contribution is 2.18. The van der Waals surface area contributed by atoms with Crippen LogP contribution in [0.1, 0.15) is 43.0 Å². The predicted octanol–water partition coefficient (Wildman–Crippen LogP) is 3.69. The molecule has 0 spiro atoms. The van der Waals surface area contributed by atoms with Crippen LogP contribution in [0.15, 0.2) is 18.2 Å². The lowest BCUT2D eigenvalue weighted by Crippen LogP contribution is -2.42. The van der Waals surface area contributed by atoms with E-state index in [-0.39, 0.29) is 0 Å². The number of esters is 1. The zero-order chi connectivity index (χ0) is 18.5. The summed E-state index contributed by atoms with van der Waals surface area (Å²) in [6.07, 6.45) is 2.77.